The lowest BCUT2D eigenvalue weighted by molar-refractivity contribution is 0.843. The van der Waals surface area contributed by atoms with Crippen LogP contribution in [0.4, 0.5) is 5.69 Å². The molecule has 1 aliphatic rings. The van der Waals surface area contributed by atoms with Crippen molar-refractivity contribution in [3.63, 3.8) is 0 Å². The Labute approximate surface area is 115 Å². The van der Waals surface area contributed by atoms with Gasteiger partial charge >= 0.3 is 0 Å². The van der Waals surface area contributed by atoms with Crippen LogP contribution >= 0.6 is 27.7 Å². The van der Waals surface area contributed by atoms with Crippen molar-refractivity contribution in [1.29, 1.82) is 0 Å². The summed E-state index contributed by atoms with van der Waals surface area (Å²) in [6.07, 6.45) is 1.17. The highest BCUT2D eigenvalue weighted by molar-refractivity contribution is 9.10. The van der Waals surface area contributed by atoms with E-state index in [1.165, 1.54) is 17.5 Å². The molecule has 1 aliphatic heterocycles. The number of amidine groups is 1. The van der Waals surface area contributed by atoms with E-state index in [9.17, 15) is 0 Å². The summed E-state index contributed by atoms with van der Waals surface area (Å²) in [5.41, 5.74) is 3.66. The van der Waals surface area contributed by atoms with Crippen LogP contribution in [-0.4, -0.2) is 17.0 Å². The van der Waals surface area contributed by atoms with E-state index in [2.05, 4.69) is 59.1 Å². The Balaban J connectivity index is 2.15. The predicted molar refractivity (Wildman–Crippen MR) is 81.2 cm³/mol. The SMILES string of the molecule is CCC1CN=C(Nc2c(C)cc(C)cc2Br)S1. The number of aliphatic imine (C=N–C) groups is 1. The number of hydrogen-bond acceptors (Lipinski definition) is 3. The zero-order valence-electron chi connectivity index (χ0n) is 10.4. The number of rotatable bonds is 2. The van der Waals surface area contributed by atoms with Crippen molar-refractivity contribution in [2.75, 3.05) is 11.9 Å². The van der Waals surface area contributed by atoms with Crippen molar-refractivity contribution in [2.24, 2.45) is 4.99 Å². The maximum Gasteiger partial charge on any atom is 0.161 e. The molecule has 1 aromatic carbocycles. The normalized spacial score (nSPS) is 19.3. The highest BCUT2D eigenvalue weighted by Crippen LogP contribution is 2.31. The quantitative estimate of drug-likeness (QED) is 0.877. The van der Waals surface area contributed by atoms with Crippen LogP contribution in [0.15, 0.2) is 21.6 Å². The van der Waals surface area contributed by atoms with Gasteiger partial charge in [0.2, 0.25) is 0 Å². The molecule has 92 valence electrons. The minimum absolute atomic E-state index is 0.641. The van der Waals surface area contributed by atoms with Crippen molar-refractivity contribution in [1.82, 2.24) is 0 Å². The average molecular weight is 313 g/mol. The van der Waals surface area contributed by atoms with Crippen LogP contribution in [0, 0.1) is 13.8 Å². The number of benzene rings is 1. The Morgan fingerprint density at radius 3 is 2.82 bits per heavy atom. The summed E-state index contributed by atoms with van der Waals surface area (Å²) in [6.45, 7) is 7.38. The molecular formula is C13H17BrN2S. The second-order valence-corrected chi connectivity index (χ2v) is 6.50. The fourth-order valence-electron chi connectivity index (χ4n) is 1.88. The number of aryl methyl sites for hydroxylation is 2. The maximum atomic E-state index is 4.54. The van der Waals surface area contributed by atoms with Crippen LogP contribution in [0.5, 0.6) is 0 Å². The average Bonchev–Trinajstić information content (AvgIpc) is 2.71. The largest absolute Gasteiger partial charge is 0.334 e. The highest BCUT2D eigenvalue weighted by atomic mass is 79.9. The molecule has 0 saturated carbocycles. The molecule has 1 heterocycles. The van der Waals surface area contributed by atoms with Crippen molar-refractivity contribution < 1.29 is 0 Å². The summed E-state index contributed by atoms with van der Waals surface area (Å²) >= 11 is 5.46. The minimum atomic E-state index is 0.641. The zero-order valence-corrected chi connectivity index (χ0v) is 12.8. The fourth-order valence-corrected chi connectivity index (χ4v) is 3.59. The molecular weight excluding hydrogens is 296 g/mol. The van der Waals surface area contributed by atoms with E-state index in [1.807, 2.05) is 11.8 Å². The first-order valence-corrected chi connectivity index (χ1v) is 7.52. The summed E-state index contributed by atoms with van der Waals surface area (Å²) in [6, 6.07) is 4.32. The molecule has 4 heteroatoms. The van der Waals surface area contributed by atoms with Crippen molar-refractivity contribution in [3.05, 3.63) is 27.7 Å². The van der Waals surface area contributed by atoms with Crippen LogP contribution in [0.1, 0.15) is 24.5 Å². The van der Waals surface area contributed by atoms with Crippen molar-refractivity contribution in [3.8, 4) is 0 Å². The van der Waals surface area contributed by atoms with Gasteiger partial charge in [-0.05, 0) is 53.4 Å². The lowest BCUT2D eigenvalue weighted by atomic mass is 10.1. The molecule has 0 amide bonds. The van der Waals surface area contributed by atoms with E-state index in [1.54, 1.807) is 0 Å². The summed E-state index contributed by atoms with van der Waals surface area (Å²) in [5, 5.41) is 5.12. The Morgan fingerprint density at radius 2 is 2.24 bits per heavy atom. The number of nitrogens with one attached hydrogen (secondary N) is 1. The summed E-state index contributed by atoms with van der Waals surface area (Å²) in [4.78, 5) is 4.54. The lowest BCUT2D eigenvalue weighted by Crippen LogP contribution is -2.08. The standard InChI is InChI=1S/C13H17BrN2S/c1-4-10-7-15-13(17-10)16-12-9(3)5-8(2)6-11(12)14/h5-6,10H,4,7H2,1-3H3,(H,15,16). The molecule has 0 saturated heterocycles. The second kappa shape index (κ2) is 5.44. The van der Waals surface area contributed by atoms with Crippen molar-refractivity contribution >= 4 is 38.5 Å². The van der Waals surface area contributed by atoms with Gasteiger partial charge in [-0.3, -0.25) is 4.99 Å². The predicted octanol–water partition coefficient (Wildman–Crippen LogP) is 4.36. The van der Waals surface area contributed by atoms with Crippen LogP contribution in [0.25, 0.3) is 0 Å². The maximum absolute atomic E-state index is 4.54. The van der Waals surface area contributed by atoms with Gasteiger partial charge < -0.3 is 5.32 Å². The second-order valence-electron chi connectivity index (χ2n) is 4.36. The number of nitrogens with zero attached hydrogens (tertiary/aromatic N) is 1. The third-order valence-electron chi connectivity index (χ3n) is 2.84. The topological polar surface area (TPSA) is 24.4 Å². The molecule has 0 bridgehead atoms. The van der Waals surface area contributed by atoms with E-state index in [0.29, 0.717) is 5.25 Å². The van der Waals surface area contributed by atoms with Gasteiger partial charge in [0.05, 0.1) is 12.2 Å². The van der Waals surface area contributed by atoms with Crippen LogP contribution in [0.3, 0.4) is 0 Å². The van der Waals surface area contributed by atoms with Gasteiger partial charge in [-0.2, -0.15) is 0 Å². The highest BCUT2D eigenvalue weighted by Gasteiger charge is 2.18. The lowest BCUT2D eigenvalue weighted by Gasteiger charge is -2.12. The molecule has 0 aliphatic carbocycles. The Morgan fingerprint density at radius 1 is 1.47 bits per heavy atom. The molecule has 1 atom stereocenters. The number of thioether (sulfide) groups is 1. The van der Waals surface area contributed by atoms with Crippen molar-refractivity contribution in [2.45, 2.75) is 32.4 Å². The Bertz CT molecular complexity index is 434. The smallest absolute Gasteiger partial charge is 0.161 e. The first-order valence-electron chi connectivity index (χ1n) is 5.85. The van der Waals surface area contributed by atoms with Gasteiger partial charge in [-0.15, -0.1) is 0 Å². The fraction of sp³-hybridized carbons (Fsp3) is 0.462. The van der Waals surface area contributed by atoms with E-state index in [4.69, 9.17) is 0 Å². The molecule has 0 fully saturated rings. The van der Waals surface area contributed by atoms with Gasteiger partial charge in [-0.1, -0.05) is 24.8 Å². The molecule has 17 heavy (non-hydrogen) atoms. The van der Waals surface area contributed by atoms with E-state index in [0.717, 1.165) is 21.9 Å². The molecule has 0 aromatic heterocycles. The van der Waals surface area contributed by atoms with Gasteiger partial charge in [-0.25, -0.2) is 0 Å². The van der Waals surface area contributed by atoms with Gasteiger partial charge in [0.15, 0.2) is 5.17 Å². The number of hydrogen-bond donors (Lipinski definition) is 1. The summed E-state index contributed by atoms with van der Waals surface area (Å²) < 4.78 is 1.11. The Kier molecular flexibility index (Phi) is 4.15. The summed E-state index contributed by atoms with van der Waals surface area (Å²) in [5.74, 6) is 0. The molecule has 1 N–H and O–H groups in total. The van der Waals surface area contributed by atoms with E-state index in [-0.39, 0.29) is 0 Å². The molecule has 1 aromatic rings. The van der Waals surface area contributed by atoms with Crippen LogP contribution < -0.4 is 5.32 Å². The third-order valence-corrected chi connectivity index (χ3v) is 4.73. The summed E-state index contributed by atoms with van der Waals surface area (Å²) in [7, 11) is 0. The molecule has 1 unspecified atom stereocenters. The van der Waals surface area contributed by atoms with Gasteiger partial charge in [0.1, 0.15) is 0 Å². The monoisotopic (exact) mass is 312 g/mol. The number of halogens is 1. The first kappa shape index (κ1) is 13.0. The van der Waals surface area contributed by atoms with E-state index < -0.39 is 0 Å². The van der Waals surface area contributed by atoms with Gasteiger partial charge in [0.25, 0.3) is 0 Å². The van der Waals surface area contributed by atoms with Crippen LogP contribution in [-0.2, 0) is 0 Å². The minimum Gasteiger partial charge on any atom is -0.334 e. The van der Waals surface area contributed by atoms with E-state index >= 15 is 0 Å². The number of anilines is 1. The molecule has 2 nitrogen and oxygen atoms in total. The van der Waals surface area contributed by atoms with Crippen LogP contribution in [0.2, 0.25) is 0 Å². The first-order chi connectivity index (χ1) is 8.10. The Hall–Kier alpha value is -0.480. The molecule has 0 radical (unpaired) electrons. The molecule has 2 rings (SSSR count). The zero-order chi connectivity index (χ0) is 12.4. The third kappa shape index (κ3) is 3.05. The molecule has 0 spiro atoms. The van der Waals surface area contributed by atoms with Gasteiger partial charge in [0, 0.05) is 9.72 Å².